The third kappa shape index (κ3) is 6.61. The van der Waals surface area contributed by atoms with Crippen molar-refractivity contribution >= 4 is 34.8 Å². The number of nitrogens with two attached hydrogens (primary N) is 2. The van der Waals surface area contributed by atoms with Crippen molar-refractivity contribution in [3.8, 4) is 22.8 Å². The van der Waals surface area contributed by atoms with E-state index in [0.29, 0.717) is 66.8 Å². The number of carbonyl (C=O) groups excluding carboxylic acids is 1. The average Bonchev–Trinajstić information content (AvgIpc) is 3.42. The van der Waals surface area contributed by atoms with Gasteiger partial charge in [0.15, 0.2) is 11.0 Å². The van der Waals surface area contributed by atoms with Crippen LogP contribution in [-0.4, -0.2) is 70.8 Å². The third-order valence-electron chi connectivity index (χ3n) is 10.7. The van der Waals surface area contributed by atoms with Gasteiger partial charge in [-0.05, 0) is 83.1 Å². The van der Waals surface area contributed by atoms with Crippen LogP contribution in [0, 0.1) is 6.92 Å². The summed E-state index contributed by atoms with van der Waals surface area (Å²) >= 11 is 0. The number of anilines is 2. The fraction of sp³-hybridized carbons (Fsp3) is 0.375. The van der Waals surface area contributed by atoms with Crippen LogP contribution in [0.5, 0.6) is 11.5 Å². The fourth-order valence-corrected chi connectivity index (χ4v) is 7.79. The number of rotatable bonds is 11. The van der Waals surface area contributed by atoms with Crippen LogP contribution in [0.3, 0.4) is 0 Å². The summed E-state index contributed by atoms with van der Waals surface area (Å²) < 4.78 is 24.4. The molecular weight excluding hydrogens is 690 g/mol. The van der Waals surface area contributed by atoms with Crippen LogP contribution in [0.2, 0.25) is 0 Å². The SMILES string of the molecule is CNCC[C@@]1(C(=O)O[C@@H]2Cc3c(cc4oc(C)cc(=O)c4c3O)OC2(C)C)O[C@@H]1CCc1cc(N)nc(-c2cc(N)nc(C[NH+]3C=C4N=CC=C4C3)c2)c1. The van der Waals surface area contributed by atoms with Gasteiger partial charge in [0.05, 0.1) is 17.5 Å². The molecule has 7 heterocycles. The van der Waals surface area contributed by atoms with Gasteiger partial charge in [0.25, 0.3) is 0 Å². The number of epoxide rings is 1. The maximum Gasteiger partial charge on any atom is 0.341 e. The highest BCUT2D eigenvalue weighted by Gasteiger charge is 2.63. The molecule has 14 heteroatoms. The van der Waals surface area contributed by atoms with E-state index in [0.717, 1.165) is 29.1 Å². The lowest BCUT2D eigenvalue weighted by Crippen LogP contribution is -3.04. The molecular formula is C40H44N7O7+. The van der Waals surface area contributed by atoms with Gasteiger partial charge in [-0.1, -0.05) is 0 Å². The van der Waals surface area contributed by atoms with Crippen LogP contribution in [0.1, 0.15) is 49.3 Å². The number of carbonyl (C=O) groups is 1. The number of aromatic nitrogens is 2. The van der Waals surface area contributed by atoms with Gasteiger partial charge in [-0.2, -0.15) is 0 Å². The molecule has 1 aromatic carbocycles. The molecule has 4 atom stereocenters. The van der Waals surface area contributed by atoms with Gasteiger partial charge >= 0.3 is 5.97 Å². The highest BCUT2D eigenvalue weighted by atomic mass is 16.7. The molecule has 0 bridgehead atoms. The summed E-state index contributed by atoms with van der Waals surface area (Å²) in [6.07, 6.45) is 6.44. The number of aromatic hydroxyl groups is 1. The number of hydrogen-bond acceptors (Lipinski definition) is 13. The molecule has 4 aliphatic rings. The Hall–Kier alpha value is -5.57. The number of phenols is 1. The number of allylic oxidation sites excluding steroid dienone is 1. The molecule has 0 saturated carbocycles. The molecule has 7 N–H and O–H groups in total. The Bertz CT molecular complexity index is 2350. The van der Waals surface area contributed by atoms with E-state index in [4.69, 9.17) is 30.1 Å². The summed E-state index contributed by atoms with van der Waals surface area (Å²) in [7, 11) is 1.82. The summed E-state index contributed by atoms with van der Waals surface area (Å²) in [6, 6.07) is 10.5. The van der Waals surface area contributed by atoms with Crippen molar-refractivity contribution < 1.29 is 33.4 Å². The van der Waals surface area contributed by atoms with Gasteiger partial charge in [-0.15, -0.1) is 0 Å². The number of nitrogens with one attached hydrogen (secondary N) is 2. The largest absolute Gasteiger partial charge is 0.507 e. The van der Waals surface area contributed by atoms with Gasteiger partial charge in [0.2, 0.25) is 0 Å². The van der Waals surface area contributed by atoms with E-state index >= 15 is 0 Å². The number of nitrogens with zero attached hydrogens (tertiary/aromatic N) is 3. The van der Waals surface area contributed by atoms with E-state index in [1.54, 1.807) is 19.1 Å². The summed E-state index contributed by atoms with van der Waals surface area (Å²) in [6.45, 7) is 7.33. The molecule has 8 rings (SSSR count). The first-order valence-electron chi connectivity index (χ1n) is 18.2. The van der Waals surface area contributed by atoms with Gasteiger partial charge in [0.1, 0.15) is 76.6 Å². The number of phenolic OH excluding ortho intramolecular Hbond substituents is 1. The van der Waals surface area contributed by atoms with Gasteiger partial charge in [-0.25, -0.2) is 14.8 Å². The highest BCUT2D eigenvalue weighted by molar-refractivity contribution is 5.87. The van der Waals surface area contributed by atoms with Crippen molar-refractivity contribution in [3.05, 3.63) is 92.7 Å². The van der Waals surface area contributed by atoms with Crippen molar-refractivity contribution in [1.29, 1.82) is 0 Å². The maximum absolute atomic E-state index is 14.0. The molecule has 1 saturated heterocycles. The van der Waals surface area contributed by atoms with Gasteiger partial charge in [0, 0.05) is 47.9 Å². The maximum atomic E-state index is 14.0. The summed E-state index contributed by atoms with van der Waals surface area (Å²) in [4.78, 5) is 41.6. The summed E-state index contributed by atoms with van der Waals surface area (Å²) in [5, 5.41) is 14.4. The Balaban J connectivity index is 0.970. The van der Waals surface area contributed by atoms with E-state index in [9.17, 15) is 14.7 Å². The number of esters is 1. The normalized spacial score (nSPS) is 23.4. The molecule has 280 valence electrons. The lowest BCUT2D eigenvalue weighted by atomic mass is 9.89. The van der Waals surface area contributed by atoms with Crippen molar-refractivity contribution in [3.63, 3.8) is 0 Å². The van der Waals surface area contributed by atoms with Crippen molar-refractivity contribution in [2.45, 2.75) is 76.4 Å². The second kappa shape index (κ2) is 13.4. The first-order chi connectivity index (χ1) is 25.8. The number of aryl methyl sites for hydroxylation is 2. The lowest BCUT2D eigenvalue weighted by molar-refractivity contribution is -0.852. The van der Waals surface area contributed by atoms with Crippen LogP contribution < -0.4 is 31.8 Å². The van der Waals surface area contributed by atoms with E-state index in [-0.39, 0.29) is 28.6 Å². The smallest absolute Gasteiger partial charge is 0.341 e. The first-order valence-corrected chi connectivity index (χ1v) is 18.2. The van der Waals surface area contributed by atoms with Gasteiger partial charge < -0.3 is 40.5 Å². The Morgan fingerprint density at radius 1 is 1.13 bits per heavy atom. The summed E-state index contributed by atoms with van der Waals surface area (Å²) in [5.41, 5.74) is 16.2. The molecule has 3 aromatic heterocycles. The van der Waals surface area contributed by atoms with Crippen LogP contribution >= 0.6 is 0 Å². The topological polar surface area (TPSA) is 205 Å². The predicted molar refractivity (Wildman–Crippen MR) is 202 cm³/mol. The lowest BCUT2D eigenvalue weighted by Gasteiger charge is -2.39. The molecule has 1 fully saturated rings. The fourth-order valence-electron chi connectivity index (χ4n) is 7.79. The number of quaternary nitrogens is 1. The zero-order chi connectivity index (χ0) is 37.9. The molecule has 4 aromatic rings. The molecule has 0 spiro atoms. The number of pyridine rings is 2. The number of hydrogen-bond donors (Lipinski definition) is 5. The second-order valence-corrected chi connectivity index (χ2v) is 15.1. The molecule has 4 aliphatic heterocycles. The van der Waals surface area contributed by atoms with Crippen LogP contribution in [0.15, 0.2) is 74.1 Å². The third-order valence-corrected chi connectivity index (χ3v) is 10.7. The number of aliphatic imine (C=N–C) groups is 1. The quantitative estimate of drug-likeness (QED) is 0.112. The van der Waals surface area contributed by atoms with E-state index < -0.39 is 29.4 Å². The number of benzene rings is 1. The van der Waals surface area contributed by atoms with Crippen LogP contribution in [0.25, 0.3) is 22.2 Å². The van der Waals surface area contributed by atoms with E-state index in [2.05, 4.69) is 26.5 Å². The number of ether oxygens (including phenoxy) is 3. The Morgan fingerprint density at radius 3 is 2.74 bits per heavy atom. The van der Waals surface area contributed by atoms with Crippen molar-refractivity contribution in [2.24, 2.45) is 4.99 Å². The minimum Gasteiger partial charge on any atom is -0.507 e. The highest BCUT2D eigenvalue weighted by Crippen LogP contribution is 2.47. The van der Waals surface area contributed by atoms with E-state index in [1.807, 2.05) is 51.4 Å². The monoisotopic (exact) mass is 734 g/mol. The molecule has 0 amide bonds. The van der Waals surface area contributed by atoms with E-state index in [1.165, 1.54) is 16.5 Å². The molecule has 0 radical (unpaired) electrons. The molecule has 0 aliphatic carbocycles. The van der Waals surface area contributed by atoms with Crippen molar-refractivity contribution in [1.82, 2.24) is 15.3 Å². The Kier molecular flexibility index (Phi) is 8.78. The first kappa shape index (κ1) is 35.5. The standard InChI is InChI=1S/C40H43N7O7/c1-21-11-29(48)36-31(51-21)17-30-26(37(36)49)16-33(39(2,3)53-30)52-38(50)40(8-10-43-4)32(54-40)6-5-22-12-27(46-34(41)13-22)24-14-25(45-35(42)15-24)19-47-18-23-7-9-44-28(23)20-47/h7,9,11-15,17,20,32-33,43,49H,5-6,8,10,16,18-19H2,1-4H3,(H2,41,46)(H2,42,45)/p+1/t32-,33-,40-/m1/s1. The molecule has 54 heavy (non-hydrogen) atoms. The predicted octanol–water partition coefficient (Wildman–Crippen LogP) is 2.68. The van der Waals surface area contributed by atoms with Gasteiger partial charge in [-0.3, -0.25) is 14.7 Å². The minimum absolute atomic E-state index is 0.0630. The Labute approximate surface area is 311 Å². The zero-order valence-electron chi connectivity index (χ0n) is 30.7. The average molecular weight is 735 g/mol. The molecule has 14 nitrogen and oxygen atoms in total. The van der Waals surface area contributed by atoms with Crippen molar-refractivity contribution in [2.75, 3.05) is 31.6 Å². The molecule has 1 unspecified atom stereocenters. The second-order valence-electron chi connectivity index (χ2n) is 15.1. The number of nitrogen functional groups attached to an aromatic ring is 2. The van der Waals surface area contributed by atoms with Crippen LogP contribution in [0.4, 0.5) is 11.6 Å². The van der Waals surface area contributed by atoms with Crippen LogP contribution in [-0.2, 0) is 33.7 Å². The Morgan fingerprint density at radius 2 is 1.94 bits per heavy atom. The number of fused-ring (bicyclic) bond motifs is 3. The zero-order valence-corrected chi connectivity index (χ0v) is 30.7. The summed E-state index contributed by atoms with van der Waals surface area (Å²) in [5.74, 6) is 0.826. The minimum atomic E-state index is -1.16.